The maximum absolute atomic E-state index is 12.2. The number of hydrogen-bond acceptors (Lipinski definition) is 3. The van der Waals surface area contributed by atoms with E-state index in [1.807, 2.05) is 61.5 Å². The zero-order chi connectivity index (χ0) is 15.1. The van der Waals surface area contributed by atoms with Gasteiger partial charge in [0.25, 0.3) is 0 Å². The summed E-state index contributed by atoms with van der Waals surface area (Å²) in [6, 6.07) is 13.7. The van der Waals surface area contributed by atoms with Gasteiger partial charge in [-0.2, -0.15) is 0 Å². The number of likely N-dealkylation sites (N-methyl/N-ethyl adjacent to an activating group) is 2. The molecule has 2 rings (SSSR count). The summed E-state index contributed by atoms with van der Waals surface area (Å²) < 4.78 is 0. The SMILES string of the molecule is CN(CCc1ccncc1)CC(=O)N(C)c1ccccc1. The molecule has 1 heterocycles. The summed E-state index contributed by atoms with van der Waals surface area (Å²) in [5, 5.41) is 0. The molecule has 0 saturated heterocycles. The molecule has 21 heavy (non-hydrogen) atoms. The molecule has 0 aliphatic rings. The molecule has 110 valence electrons. The molecule has 1 aromatic heterocycles. The lowest BCUT2D eigenvalue weighted by Gasteiger charge is -2.22. The van der Waals surface area contributed by atoms with Crippen LogP contribution in [0, 0.1) is 0 Å². The highest BCUT2D eigenvalue weighted by Crippen LogP contribution is 2.11. The van der Waals surface area contributed by atoms with Gasteiger partial charge < -0.3 is 4.90 Å². The molecule has 0 bridgehead atoms. The molecule has 4 heteroatoms. The van der Waals surface area contributed by atoms with Crippen molar-refractivity contribution in [1.82, 2.24) is 9.88 Å². The molecule has 1 aromatic carbocycles. The standard InChI is InChI=1S/C17H21N3O/c1-19(13-10-15-8-11-18-12-9-15)14-17(21)20(2)16-6-4-3-5-7-16/h3-9,11-12H,10,13-14H2,1-2H3. The van der Waals surface area contributed by atoms with Gasteiger partial charge in [-0.3, -0.25) is 14.7 Å². The Labute approximate surface area is 126 Å². The second-order valence-corrected chi connectivity index (χ2v) is 5.13. The third-order valence-electron chi connectivity index (χ3n) is 3.45. The molecule has 0 spiro atoms. The number of rotatable bonds is 6. The average molecular weight is 283 g/mol. The summed E-state index contributed by atoms with van der Waals surface area (Å²) in [7, 11) is 3.78. The summed E-state index contributed by atoms with van der Waals surface area (Å²) in [6.07, 6.45) is 4.51. The van der Waals surface area contributed by atoms with E-state index in [4.69, 9.17) is 0 Å². The van der Waals surface area contributed by atoms with E-state index < -0.39 is 0 Å². The molecule has 1 amide bonds. The molecule has 0 N–H and O–H groups in total. The molecule has 0 aliphatic heterocycles. The minimum atomic E-state index is 0.0958. The van der Waals surface area contributed by atoms with E-state index in [1.54, 1.807) is 17.3 Å². The van der Waals surface area contributed by atoms with Crippen molar-refractivity contribution in [2.75, 3.05) is 32.1 Å². The van der Waals surface area contributed by atoms with Crippen LogP contribution in [0.5, 0.6) is 0 Å². The van der Waals surface area contributed by atoms with Crippen LogP contribution < -0.4 is 4.90 Å². The smallest absolute Gasteiger partial charge is 0.240 e. The number of amides is 1. The van der Waals surface area contributed by atoms with Crippen LogP contribution in [-0.4, -0.2) is 43.0 Å². The Balaban J connectivity index is 1.82. The highest BCUT2D eigenvalue weighted by atomic mass is 16.2. The van der Waals surface area contributed by atoms with E-state index in [0.717, 1.165) is 18.7 Å². The molecular weight excluding hydrogens is 262 g/mol. The number of aromatic nitrogens is 1. The zero-order valence-electron chi connectivity index (χ0n) is 12.6. The van der Waals surface area contributed by atoms with Gasteiger partial charge in [-0.15, -0.1) is 0 Å². The van der Waals surface area contributed by atoms with Gasteiger partial charge in [-0.05, 0) is 43.3 Å². The Morgan fingerprint density at radius 1 is 1.05 bits per heavy atom. The van der Waals surface area contributed by atoms with Gasteiger partial charge in [0.05, 0.1) is 6.54 Å². The van der Waals surface area contributed by atoms with Crippen LogP contribution >= 0.6 is 0 Å². The van der Waals surface area contributed by atoms with Crippen molar-refractivity contribution in [3.63, 3.8) is 0 Å². The summed E-state index contributed by atoms with van der Waals surface area (Å²) >= 11 is 0. The van der Waals surface area contributed by atoms with Crippen molar-refractivity contribution in [2.45, 2.75) is 6.42 Å². The van der Waals surface area contributed by atoms with E-state index >= 15 is 0 Å². The lowest BCUT2D eigenvalue weighted by Crippen LogP contribution is -2.37. The second-order valence-electron chi connectivity index (χ2n) is 5.13. The Bertz CT molecular complexity index is 557. The molecule has 0 radical (unpaired) electrons. The van der Waals surface area contributed by atoms with E-state index in [9.17, 15) is 4.79 Å². The Morgan fingerprint density at radius 3 is 2.38 bits per heavy atom. The van der Waals surface area contributed by atoms with Crippen LogP contribution in [0.15, 0.2) is 54.9 Å². The van der Waals surface area contributed by atoms with Crippen molar-refractivity contribution in [3.05, 3.63) is 60.4 Å². The second kappa shape index (κ2) is 7.55. The molecular formula is C17H21N3O. The topological polar surface area (TPSA) is 36.4 Å². The zero-order valence-corrected chi connectivity index (χ0v) is 12.6. The fourth-order valence-corrected chi connectivity index (χ4v) is 2.08. The molecule has 0 fully saturated rings. The normalized spacial score (nSPS) is 10.6. The van der Waals surface area contributed by atoms with Gasteiger partial charge in [0, 0.05) is 31.7 Å². The van der Waals surface area contributed by atoms with Crippen LogP contribution in [0.2, 0.25) is 0 Å². The number of hydrogen-bond donors (Lipinski definition) is 0. The number of nitrogens with zero attached hydrogens (tertiary/aromatic N) is 3. The van der Waals surface area contributed by atoms with Gasteiger partial charge in [0.2, 0.25) is 5.91 Å². The maximum Gasteiger partial charge on any atom is 0.240 e. The first kappa shape index (κ1) is 15.2. The van der Waals surface area contributed by atoms with E-state index in [-0.39, 0.29) is 5.91 Å². The van der Waals surface area contributed by atoms with Crippen molar-refractivity contribution >= 4 is 11.6 Å². The first-order chi connectivity index (χ1) is 10.2. The van der Waals surface area contributed by atoms with Gasteiger partial charge in [0.15, 0.2) is 0 Å². The Kier molecular flexibility index (Phi) is 5.46. The first-order valence-electron chi connectivity index (χ1n) is 7.06. The molecule has 0 atom stereocenters. The monoisotopic (exact) mass is 283 g/mol. The number of benzene rings is 1. The van der Waals surface area contributed by atoms with Crippen LogP contribution in [0.1, 0.15) is 5.56 Å². The van der Waals surface area contributed by atoms with Crippen molar-refractivity contribution in [1.29, 1.82) is 0 Å². The van der Waals surface area contributed by atoms with Crippen LogP contribution in [-0.2, 0) is 11.2 Å². The Morgan fingerprint density at radius 2 is 1.71 bits per heavy atom. The maximum atomic E-state index is 12.2. The number of carbonyl (C=O) groups excluding carboxylic acids is 1. The minimum Gasteiger partial charge on any atom is -0.314 e. The predicted molar refractivity (Wildman–Crippen MR) is 85.3 cm³/mol. The van der Waals surface area contributed by atoms with Crippen molar-refractivity contribution < 1.29 is 4.79 Å². The lowest BCUT2D eigenvalue weighted by molar-refractivity contribution is -0.119. The molecule has 0 saturated carbocycles. The summed E-state index contributed by atoms with van der Waals surface area (Å²) in [5.41, 5.74) is 2.16. The predicted octanol–water partition coefficient (Wildman–Crippen LogP) is 2.22. The van der Waals surface area contributed by atoms with E-state index in [2.05, 4.69) is 4.98 Å². The third kappa shape index (κ3) is 4.68. The van der Waals surface area contributed by atoms with Crippen molar-refractivity contribution in [3.8, 4) is 0 Å². The molecule has 0 unspecified atom stereocenters. The molecule has 0 aliphatic carbocycles. The van der Waals surface area contributed by atoms with Crippen LogP contribution in [0.4, 0.5) is 5.69 Å². The largest absolute Gasteiger partial charge is 0.314 e. The van der Waals surface area contributed by atoms with Gasteiger partial charge in [-0.1, -0.05) is 18.2 Å². The summed E-state index contributed by atoms with van der Waals surface area (Å²) in [5.74, 6) is 0.0958. The van der Waals surface area contributed by atoms with E-state index in [1.165, 1.54) is 5.56 Å². The fraction of sp³-hybridized carbons (Fsp3) is 0.294. The Hall–Kier alpha value is -2.20. The van der Waals surface area contributed by atoms with Crippen LogP contribution in [0.25, 0.3) is 0 Å². The highest BCUT2D eigenvalue weighted by Gasteiger charge is 2.12. The lowest BCUT2D eigenvalue weighted by atomic mass is 10.2. The number of anilines is 1. The summed E-state index contributed by atoms with van der Waals surface area (Å²) in [6.45, 7) is 1.26. The number of para-hydroxylation sites is 1. The quantitative estimate of drug-likeness (QED) is 0.815. The van der Waals surface area contributed by atoms with E-state index in [0.29, 0.717) is 6.54 Å². The molecule has 2 aromatic rings. The average Bonchev–Trinajstić information content (AvgIpc) is 2.54. The van der Waals surface area contributed by atoms with Gasteiger partial charge >= 0.3 is 0 Å². The number of carbonyl (C=O) groups is 1. The third-order valence-corrected chi connectivity index (χ3v) is 3.45. The van der Waals surface area contributed by atoms with Crippen molar-refractivity contribution in [2.24, 2.45) is 0 Å². The van der Waals surface area contributed by atoms with Gasteiger partial charge in [-0.25, -0.2) is 0 Å². The highest BCUT2D eigenvalue weighted by molar-refractivity contribution is 5.94. The summed E-state index contributed by atoms with van der Waals surface area (Å²) in [4.78, 5) is 20.0. The minimum absolute atomic E-state index is 0.0958. The van der Waals surface area contributed by atoms with Crippen LogP contribution in [0.3, 0.4) is 0 Å². The fourth-order valence-electron chi connectivity index (χ4n) is 2.08. The number of pyridine rings is 1. The van der Waals surface area contributed by atoms with Gasteiger partial charge in [0.1, 0.15) is 0 Å². The first-order valence-corrected chi connectivity index (χ1v) is 7.06. The molecule has 4 nitrogen and oxygen atoms in total.